The molecule has 2 saturated heterocycles. The Bertz CT molecular complexity index is 224. The van der Waals surface area contributed by atoms with Gasteiger partial charge in [-0.1, -0.05) is 32.9 Å². The number of hydrogen-bond acceptors (Lipinski definition) is 1. The molecule has 0 aromatic rings. The summed E-state index contributed by atoms with van der Waals surface area (Å²) in [6.45, 7) is 8.17. The van der Waals surface area contributed by atoms with E-state index in [2.05, 4.69) is 37.8 Å². The van der Waals surface area contributed by atoms with Gasteiger partial charge in [0, 0.05) is 12.1 Å². The minimum Gasteiger partial charge on any atom is -0.294 e. The molecule has 2 aliphatic heterocycles. The topological polar surface area (TPSA) is 3.24 Å². The molecule has 2 atom stereocenters. The fraction of sp³-hybridized carbons (Fsp3) is 0.846. The van der Waals surface area contributed by atoms with Gasteiger partial charge in [-0.25, -0.2) is 0 Å². The van der Waals surface area contributed by atoms with E-state index in [1.165, 1.54) is 32.2 Å². The van der Waals surface area contributed by atoms with E-state index in [1.54, 1.807) is 0 Å². The fourth-order valence-corrected chi connectivity index (χ4v) is 2.74. The first kappa shape index (κ1) is 10.2. The Hall–Kier alpha value is -0.300. The average molecular weight is 193 g/mol. The molecule has 0 radical (unpaired) electrons. The van der Waals surface area contributed by atoms with Crippen molar-refractivity contribution in [3.05, 3.63) is 12.2 Å². The number of fused-ring (bicyclic) bond motifs is 1. The summed E-state index contributed by atoms with van der Waals surface area (Å²) in [5, 5.41) is 0. The molecule has 2 aliphatic rings. The first-order chi connectivity index (χ1) is 6.56. The van der Waals surface area contributed by atoms with Crippen LogP contribution in [0.4, 0.5) is 0 Å². The van der Waals surface area contributed by atoms with Crippen LogP contribution in [0.15, 0.2) is 12.2 Å². The highest BCUT2D eigenvalue weighted by Gasteiger charge is 2.34. The van der Waals surface area contributed by atoms with Crippen molar-refractivity contribution in [1.82, 2.24) is 4.90 Å². The Morgan fingerprint density at radius 3 is 2.64 bits per heavy atom. The number of nitrogens with zero attached hydrogens (tertiary/aromatic N) is 1. The third-order valence-corrected chi connectivity index (χ3v) is 3.46. The van der Waals surface area contributed by atoms with Crippen LogP contribution in [-0.4, -0.2) is 23.5 Å². The summed E-state index contributed by atoms with van der Waals surface area (Å²) in [7, 11) is 0. The molecule has 14 heavy (non-hydrogen) atoms. The second kappa shape index (κ2) is 3.69. The standard InChI is InChI=1S/C13H23N/c1-13(2,3)9-8-12-7-6-11-5-4-10-14(11)12/h8-9,11-12H,4-7,10H2,1-3H3/b9-8+. The lowest BCUT2D eigenvalue weighted by Gasteiger charge is -2.22. The van der Waals surface area contributed by atoms with Crippen molar-refractivity contribution >= 4 is 0 Å². The van der Waals surface area contributed by atoms with Crippen molar-refractivity contribution < 1.29 is 0 Å². The molecule has 2 fully saturated rings. The third kappa shape index (κ3) is 2.20. The van der Waals surface area contributed by atoms with Crippen LogP contribution in [-0.2, 0) is 0 Å². The van der Waals surface area contributed by atoms with Gasteiger partial charge in [0.1, 0.15) is 0 Å². The molecular formula is C13H23N. The summed E-state index contributed by atoms with van der Waals surface area (Å²) >= 11 is 0. The molecule has 0 aliphatic carbocycles. The Labute approximate surface area is 88.2 Å². The maximum absolute atomic E-state index is 2.71. The van der Waals surface area contributed by atoms with Gasteiger partial charge in [0.15, 0.2) is 0 Å². The fourth-order valence-electron chi connectivity index (χ4n) is 2.74. The lowest BCUT2D eigenvalue weighted by atomic mass is 9.95. The maximum Gasteiger partial charge on any atom is 0.0281 e. The molecule has 0 N–H and O–H groups in total. The number of rotatable bonds is 1. The molecule has 0 aromatic heterocycles. The molecular weight excluding hydrogens is 170 g/mol. The number of hydrogen-bond donors (Lipinski definition) is 0. The highest BCUT2D eigenvalue weighted by molar-refractivity contribution is 5.05. The van der Waals surface area contributed by atoms with Crippen molar-refractivity contribution in [1.29, 1.82) is 0 Å². The SMILES string of the molecule is CC(C)(C)/C=C/C1CCC2CCCN12. The van der Waals surface area contributed by atoms with Gasteiger partial charge in [-0.05, 0) is 37.6 Å². The van der Waals surface area contributed by atoms with Gasteiger partial charge in [0.25, 0.3) is 0 Å². The molecule has 0 aromatic carbocycles. The minimum absolute atomic E-state index is 0.345. The zero-order valence-corrected chi connectivity index (χ0v) is 9.79. The van der Waals surface area contributed by atoms with Crippen LogP contribution in [0.25, 0.3) is 0 Å². The van der Waals surface area contributed by atoms with E-state index in [9.17, 15) is 0 Å². The Kier molecular flexibility index (Phi) is 2.70. The van der Waals surface area contributed by atoms with Crippen LogP contribution in [0.2, 0.25) is 0 Å². The molecule has 80 valence electrons. The molecule has 2 rings (SSSR count). The quantitative estimate of drug-likeness (QED) is 0.578. The Morgan fingerprint density at radius 2 is 1.93 bits per heavy atom. The monoisotopic (exact) mass is 193 g/mol. The van der Waals surface area contributed by atoms with Gasteiger partial charge < -0.3 is 0 Å². The van der Waals surface area contributed by atoms with Gasteiger partial charge in [0.05, 0.1) is 0 Å². The van der Waals surface area contributed by atoms with E-state index >= 15 is 0 Å². The Morgan fingerprint density at radius 1 is 1.14 bits per heavy atom. The first-order valence-corrected chi connectivity index (χ1v) is 6.01. The van der Waals surface area contributed by atoms with E-state index in [0.717, 1.165) is 12.1 Å². The van der Waals surface area contributed by atoms with E-state index in [0.29, 0.717) is 5.41 Å². The van der Waals surface area contributed by atoms with E-state index < -0.39 is 0 Å². The summed E-state index contributed by atoms with van der Waals surface area (Å²) < 4.78 is 0. The highest BCUT2D eigenvalue weighted by atomic mass is 15.2. The van der Waals surface area contributed by atoms with Gasteiger partial charge in [-0.15, -0.1) is 0 Å². The first-order valence-electron chi connectivity index (χ1n) is 6.01. The molecule has 1 nitrogen and oxygen atoms in total. The average Bonchev–Trinajstić information content (AvgIpc) is 2.59. The number of allylic oxidation sites excluding steroid dienone is 1. The molecule has 2 unspecified atom stereocenters. The predicted octanol–water partition coefficient (Wildman–Crippen LogP) is 3.22. The van der Waals surface area contributed by atoms with Crippen LogP contribution in [0.5, 0.6) is 0 Å². The Balaban J connectivity index is 1.96. The van der Waals surface area contributed by atoms with E-state index in [-0.39, 0.29) is 0 Å². The molecule has 0 saturated carbocycles. The van der Waals surface area contributed by atoms with E-state index in [4.69, 9.17) is 0 Å². The minimum atomic E-state index is 0.345. The third-order valence-electron chi connectivity index (χ3n) is 3.46. The molecule has 2 heterocycles. The second-order valence-electron chi connectivity index (χ2n) is 5.90. The van der Waals surface area contributed by atoms with Gasteiger partial charge in [-0.3, -0.25) is 4.90 Å². The molecule has 0 amide bonds. The largest absolute Gasteiger partial charge is 0.294 e. The zero-order chi connectivity index (χ0) is 10.2. The van der Waals surface area contributed by atoms with Gasteiger partial charge in [-0.2, -0.15) is 0 Å². The summed E-state index contributed by atoms with van der Waals surface area (Å²) in [5.74, 6) is 0. The summed E-state index contributed by atoms with van der Waals surface area (Å²) in [5.41, 5.74) is 0.345. The van der Waals surface area contributed by atoms with Crippen molar-refractivity contribution in [2.75, 3.05) is 6.54 Å². The van der Waals surface area contributed by atoms with Crippen molar-refractivity contribution in [3.63, 3.8) is 0 Å². The smallest absolute Gasteiger partial charge is 0.0281 e. The lowest BCUT2D eigenvalue weighted by molar-refractivity contribution is 0.278. The van der Waals surface area contributed by atoms with Crippen LogP contribution in [0.3, 0.4) is 0 Å². The summed E-state index contributed by atoms with van der Waals surface area (Å²) in [4.78, 5) is 2.71. The van der Waals surface area contributed by atoms with Crippen LogP contribution >= 0.6 is 0 Å². The van der Waals surface area contributed by atoms with Crippen molar-refractivity contribution in [3.8, 4) is 0 Å². The molecule has 0 bridgehead atoms. The van der Waals surface area contributed by atoms with E-state index in [1.807, 2.05) is 0 Å². The summed E-state index contributed by atoms with van der Waals surface area (Å²) in [6.07, 6.45) is 10.5. The lowest BCUT2D eigenvalue weighted by Crippen LogP contribution is -2.29. The predicted molar refractivity (Wildman–Crippen MR) is 61.3 cm³/mol. The second-order valence-corrected chi connectivity index (χ2v) is 5.90. The van der Waals surface area contributed by atoms with Crippen molar-refractivity contribution in [2.24, 2.45) is 5.41 Å². The van der Waals surface area contributed by atoms with Crippen LogP contribution < -0.4 is 0 Å². The van der Waals surface area contributed by atoms with Crippen LogP contribution in [0.1, 0.15) is 46.5 Å². The van der Waals surface area contributed by atoms with Gasteiger partial charge in [0.2, 0.25) is 0 Å². The maximum atomic E-state index is 2.71. The zero-order valence-electron chi connectivity index (χ0n) is 9.79. The van der Waals surface area contributed by atoms with Crippen molar-refractivity contribution in [2.45, 2.75) is 58.5 Å². The summed E-state index contributed by atoms with van der Waals surface area (Å²) in [6, 6.07) is 1.67. The van der Waals surface area contributed by atoms with Crippen LogP contribution in [0, 0.1) is 5.41 Å². The highest BCUT2D eigenvalue weighted by Crippen LogP contribution is 2.33. The van der Waals surface area contributed by atoms with Gasteiger partial charge >= 0.3 is 0 Å². The molecule has 0 spiro atoms. The molecule has 1 heteroatoms. The normalized spacial score (nSPS) is 34.2.